The molecule has 0 N–H and O–H groups in total. The van der Waals surface area contributed by atoms with Crippen LogP contribution in [-0.4, -0.2) is 15.3 Å². The number of carbonyl (C=O) groups excluding carboxylic acids is 1. The summed E-state index contributed by atoms with van der Waals surface area (Å²) in [5, 5.41) is 0. The molecule has 0 spiro atoms. The van der Waals surface area contributed by atoms with E-state index in [0.717, 1.165) is 23.5 Å². The van der Waals surface area contributed by atoms with Crippen molar-refractivity contribution in [2.45, 2.75) is 46.1 Å². The summed E-state index contributed by atoms with van der Waals surface area (Å²) in [6.45, 7) is 9.28. The summed E-state index contributed by atoms with van der Waals surface area (Å²) in [5.41, 5.74) is 1.87. The van der Waals surface area contributed by atoms with Gasteiger partial charge in [0.25, 0.3) is 0 Å². The third kappa shape index (κ3) is 2.98. The van der Waals surface area contributed by atoms with Crippen molar-refractivity contribution in [1.82, 2.24) is 9.55 Å². The molecule has 20 heavy (non-hydrogen) atoms. The van der Waals surface area contributed by atoms with Crippen molar-refractivity contribution in [3.05, 3.63) is 53.6 Å². The Balaban J connectivity index is 2.31. The molecule has 0 unspecified atom stereocenters. The highest BCUT2D eigenvalue weighted by Crippen LogP contribution is 2.26. The number of benzene rings is 1. The maximum absolute atomic E-state index is 12.6. The van der Waals surface area contributed by atoms with Crippen LogP contribution < -0.4 is 0 Å². The molecule has 1 aromatic carbocycles. The molecule has 0 saturated heterocycles. The lowest BCUT2D eigenvalue weighted by atomic mass is 9.82. The molecule has 1 aromatic heterocycles. The van der Waals surface area contributed by atoms with Gasteiger partial charge in [0.15, 0.2) is 5.78 Å². The minimum atomic E-state index is -0.0353. The Hall–Kier alpha value is -1.90. The summed E-state index contributed by atoms with van der Waals surface area (Å²) in [6.07, 6.45) is 4.02. The third-order valence-electron chi connectivity index (χ3n) is 3.50. The molecular formula is C17H22N2O. The van der Waals surface area contributed by atoms with E-state index in [0.29, 0.717) is 6.42 Å². The lowest BCUT2D eigenvalue weighted by molar-refractivity contribution is 0.0987. The fourth-order valence-corrected chi connectivity index (χ4v) is 2.41. The van der Waals surface area contributed by atoms with Gasteiger partial charge in [-0.2, -0.15) is 0 Å². The van der Waals surface area contributed by atoms with Gasteiger partial charge in [0.05, 0.1) is 6.42 Å². The molecule has 0 aliphatic rings. The average molecular weight is 270 g/mol. The van der Waals surface area contributed by atoms with Crippen LogP contribution >= 0.6 is 0 Å². The number of hydrogen-bond donors (Lipinski definition) is 0. The molecule has 0 radical (unpaired) electrons. The van der Waals surface area contributed by atoms with E-state index in [2.05, 4.69) is 32.7 Å². The zero-order valence-corrected chi connectivity index (χ0v) is 12.7. The largest absolute Gasteiger partial charge is 0.335 e. The van der Waals surface area contributed by atoms with Crippen molar-refractivity contribution in [2.75, 3.05) is 0 Å². The first kappa shape index (κ1) is 14.5. The minimum absolute atomic E-state index is 0.0353. The van der Waals surface area contributed by atoms with Crippen LogP contribution in [0.1, 0.15) is 49.4 Å². The first-order valence-corrected chi connectivity index (χ1v) is 7.06. The van der Waals surface area contributed by atoms with E-state index >= 15 is 0 Å². The molecule has 0 aliphatic heterocycles. The van der Waals surface area contributed by atoms with Crippen LogP contribution in [0.3, 0.4) is 0 Å². The standard InChI is InChI=1S/C17H22N2O/c1-5-19-11-10-18-16(19)12-15(20)13-8-6-7-9-14(13)17(2,3)4/h6-11H,5,12H2,1-4H3. The van der Waals surface area contributed by atoms with Crippen LogP contribution in [0.4, 0.5) is 0 Å². The summed E-state index contributed by atoms with van der Waals surface area (Å²) in [5.74, 6) is 0.970. The van der Waals surface area contributed by atoms with Crippen LogP contribution in [0.25, 0.3) is 0 Å². The molecule has 0 atom stereocenters. The average Bonchev–Trinajstić information content (AvgIpc) is 2.85. The van der Waals surface area contributed by atoms with Gasteiger partial charge in [-0.3, -0.25) is 4.79 Å². The maximum Gasteiger partial charge on any atom is 0.170 e. The summed E-state index contributed by atoms with van der Waals surface area (Å²) < 4.78 is 2.01. The molecule has 3 nitrogen and oxygen atoms in total. The Labute approximate surface area is 120 Å². The Kier molecular flexibility index (Phi) is 4.07. The van der Waals surface area contributed by atoms with Gasteiger partial charge >= 0.3 is 0 Å². The minimum Gasteiger partial charge on any atom is -0.335 e. The molecule has 1 heterocycles. The molecule has 2 aromatic rings. The van der Waals surface area contributed by atoms with Crippen LogP contribution in [0.5, 0.6) is 0 Å². The van der Waals surface area contributed by atoms with E-state index in [4.69, 9.17) is 0 Å². The van der Waals surface area contributed by atoms with E-state index < -0.39 is 0 Å². The first-order chi connectivity index (χ1) is 9.43. The van der Waals surface area contributed by atoms with Crippen molar-refractivity contribution >= 4 is 5.78 Å². The topological polar surface area (TPSA) is 34.9 Å². The number of aryl methyl sites for hydroxylation is 1. The van der Waals surface area contributed by atoms with Crippen molar-refractivity contribution in [2.24, 2.45) is 0 Å². The van der Waals surface area contributed by atoms with E-state index in [-0.39, 0.29) is 11.2 Å². The smallest absolute Gasteiger partial charge is 0.170 e. The van der Waals surface area contributed by atoms with Crippen LogP contribution in [0.15, 0.2) is 36.7 Å². The molecule has 0 fully saturated rings. The molecule has 0 amide bonds. The van der Waals surface area contributed by atoms with E-state index in [9.17, 15) is 4.79 Å². The third-order valence-corrected chi connectivity index (χ3v) is 3.50. The quantitative estimate of drug-likeness (QED) is 0.795. The van der Waals surface area contributed by atoms with E-state index in [1.54, 1.807) is 6.20 Å². The van der Waals surface area contributed by atoms with E-state index in [1.165, 1.54) is 0 Å². The Bertz CT molecular complexity index is 605. The van der Waals surface area contributed by atoms with Gasteiger partial charge in [0, 0.05) is 24.5 Å². The second-order valence-corrected chi connectivity index (χ2v) is 6.03. The first-order valence-electron chi connectivity index (χ1n) is 7.06. The highest BCUT2D eigenvalue weighted by atomic mass is 16.1. The van der Waals surface area contributed by atoms with Gasteiger partial charge in [0.1, 0.15) is 5.82 Å². The number of rotatable bonds is 4. The van der Waals surface area contributed by atoms with Crippen molar-refractivity contribution in [3.8, 4) is 0 Å². The predicted octanol–water partition coefficient (Wildman–Crippen LogP) is 3.63. The zero-order valence-electron chi connectivity index (χ0n) is 12.7. The molecule has 0 bridgehead atoms. The second kappa shape index (κ2) is 5.61. The van der Waals surface area contributed by atoms with Gasteiger partial charge in [-0.25, -0.2) is 4.98 Å². The Morgan fingerprint density at radius 3 is 2.60 bits per heavy atom. The van der Waals surface area contributed by atoms with Crippen molar-refractivity contribution in [1.29, 1.82) is 0 Å². The van der Waals surface area contributed by atoms with Gasteiger partial charge in [-0.15, -0.1) is 0 Å². The number of Topliss-reactive ketones (excluding diaryl/α,β-unsaturated/α-hetero) is 1. The second-order valence-electron chi connectivity index (χ2n) is 6.03. The van der Waals surface area contributed by atoms with Gasteiger partial charge in [-0.05, 0) is 17.9 Å². The Morgan fingerprint density at radius 2 is 1.95 bits per heavy atom. The monoisotopic (exact) mass is 270 g/mol. The van der Waals surface area contributed by atoms with Crippen LogP contribution in [-0.2, 0) is 18.4 Å². The number of aromatic nitrogens is 2. The highest BCUT2D eigenvalue weighted by Gasteiger charge is 2.21. The van der Waals surface area contributed by atoms with Crippen LogP contribution in [0, 0.1) is 0 Å². The normalized spacial score (nSPS) is 11.6. The molecular weight excluding hydrogens is 248 g/mol. The SMILES string of the molecule is CCn1ccnc1CC(=O)c1ccccc1C(C)(C)C. The predicted molar refractivity (Wildman–Crippen MR) is 81.1 cm³/mol. The van der Waals surface area contributed by atoms with Gasteiger partial charge < -0.3 is 4.57 Å². The van der Waals surface area contributed by atoms with Gasteiger partial charge in [0.2, 0.25) is 0 Å². The summed E-state index contributed by atoms with van der Waals surface area (Å²) >= 11 is 0. The number of ketones is 1. The van der Waals surface area contributed by atoms with Crippen LogP contribution in [0.2, 0.25) is 0 Å². The molecule has 106 valence electrons. The maximum atomic E-state index is 12.6. The van der Waals surface area contributed by atoms with E-state index in [1.807, 2.05) is 35.0 Å². The highest BCUT2D eigenvalue weighted by molar-refractivity contribution is 5.98. The number of carbonyl (C=O) groups is 1. The summed E-state index contributed by atoms with van der Waals surface area (Å²) in [6, 6.07) is 7.88. The Morgan fingerprint density at radius 1 is 1.25 bits per heavy atom. The lowest BCUT2D eigenvalue weighted by Gasteiger charge is -2.22. The zero-order chi connectivity index (χ0) is 14.8. The molecule has 0 saturated carbocycles. The fraction of sp³-hybridized carbons (Fsp3) is 0.412. The summed E-state index contributed by atoms with van der Waals surface area (Å²) in [4.78, 5) is 16.9. The molecule has 3 heteroatoms. The number of hydrogen-bond acceptors (Lipinski definition) is 2. The molecule has 0 aliphatic carbocycles. The molecule has 2 rings (SSSR count). The van der Waals surface area contributed by atoms with Crippen molar-refractivity contribution < 1.29 is 4.79 Å². The fourth-order valence-electron chi connectivity index (χ4n) is 2.41. The number of nitrogens with zero attached hydrogens (tertiary/aromatic N) is 2. The van der Waals surface area contributed by atoms with Crippen molar-refractivity contribution in [3.63, 3.8) is 0 Å². The lowest BCUT2D eigenvalue weighted by Crippen LogP contribution is -2.18. The summed E-state index contributed by atoms with van der Waals surface area (Å²) in [7, 11) is 0. The number of imidazole rings is 1. The van der Waals surface area contributed by atoms with Gasteiger partial charge in [-0.1, -0.05) is 45.0 Å².